The lowest BCUT2D eigenvalue weighted by molar-refractivity contribution is 0.0600. The molecule has 1 aromatic rings. The number of benzene rings is 1. The Balaban J connectivity index is 2.01. The third-order valence-electron chi connectivity index (χ3n) is 4.18. The molecule has 0 aliphatic carbocycles. The summed E-state index contributed by atoms with van der Waals surface area (Å²) in [6.07, 6.45) is -1.76. The third-order valence-corrected chi connectivity index (χ3v) is 4.51. The van der Waals surface area contributed by atoms with Crippen LogP contribution in [-0.2, 0) is 4.74 Å². The molecule has 10 heteroatoms. The molecule has 0 unspecified atom stereocenters. The fraction of sp³-hybridized carbons (Fsp3) is 0.438. The molecule has 0 aromatic heterocycles. The van der Waals surface area contributed by atoms with Gasteiger partial charge in [-0.1, -0.05) is 11.6 Å². The van der Waals surface area contributed by atoms with Crippen molar-refractivity contribution in [3.05, 3.63) is 28.8 Å². The van der Waals surface area contributed by atoms with E-state index in [-0.39, 0.29) is 19.6 Å². The van der Waals surface area contributed by atoms with Crippen LogP contribution in [0.15, 0.2) is 18.2 Å². The number of piperazine rings is 1. The Morgan fingerprint density at radius 2 is 2.00 bits per heavy atom. The van der Waals surface area contributed by atoms with Crippen molar-refractivity contribution in [1.29, 1.82) is 0 Å². The van der Waals surface area contributed by atoms with Crippen LogP contribution in [0.1, 0.15) is 16.8 Å². The summed E-state index contributed by atoms with van der Waals surface area (Å²) in [5.74, 6) is -0.494. The molecule has 2 rings (SSSR count). The molecule has 1 heterocycles. The molecule has 1 saturated heterocycles. The number of carboxylic acid groups (broad SMARTS) is 2. The van der Waals surface area contributed by atoms with Crippen LogP contribution in [0.4, 0.5) is 15.3 Å². The molecular weight excluding hydrogens is 366 g/mol. The number of hydrogen-bond acceptors (Lipinski definition) is 5. The number of halogens is 1. The predicted molar refractivity (Wildman–Crippen MR) is 94.0 cm³/mol. The molecule has 1 aliphatic heterocycles. The summed E-state index contributed by atoms with van der Waals surface area (Å²) in [5.41, 5.74) is 0.851. The second-order valence-corrected chi connectivity index (χ2v) is 6.17. The van der Waals surface area contributed by atoms with Crippen LogP contribution in [0, 0.1) is 0 Å². The fourth-order valence-electron chi connectivity index (χ4n) is 2.81. The van der Waals surface area contributed by atoms with E-state index in [0.29, 0.717) is 29.2 Å². The zero-order valence-electron chi connectivity index (χ0n) is 14.1. The first kappa shape index (κ1) is 19.6. The summed E-state index contributed by atoms with van der Waals surface area (Å²) in [6.45, 7) is 0.745. The van der Waals surface area contributed by atoms with E-state index in [0.717, 1.165) is 0 Å². The van der Waals surface area contributed by atoms with E-state index < -0.39 is 24.2 Å². The largest absolute Gasteiger partial charge is 0.465 e. The number of anilines is 1. The first-order chi connectivity index (χ1) is 12.3. The Labute approximate surface area is 155 Å². The summed E-state index contributed by atoms with van der Waals surface area (Å²) >= 11 is 6.10. The lowest BCUT2D eigenvalue weighted by Crippen LogP contribution is -2.56. The fourth-order valence-corrected chi connectivity index (χ4v) is 2.99. The van der Waals surface area contributed by atoms with Crippen LogP contribution in [0.2, 0.25) is 5.02 Å². The zero-order valence-corrected chi connectivity index (χ0v) is 14.9. The maximum Gasteiger partial charge on any atom is 0.407 e. The number of nitrogens with one attached hydrogen (secondary N) is 1. The predicted octanol–water partition coefficient (Wildman–Crippen LogP) is 2.27. The maximum atomic E-state index is 11.6. The van der Waals surface area contributed by atoms with Crippen LogP contribution in [0.5, 0.6) is 0 Å². The Morgan fingerprint density at radius 1 is 1.27 bits per heavy atom. The van der Waals surface area contributed by atoms with Crippen molar-refractivity contribution in [2.24, 2.45) is 0 Å². The minimum absolute atomic E-state index is 0.110. The molecule has 1 aliphatic rings. The second-order valence-electron chi connectivity index (χ2n) is 5.76. The van der Waals surface area contributed by atoms with Gasteiger partial charge >= 0.3 is 18.2 Å². The highest BCUT2D eigenvalue weighted by Gasteiger charge is 2.32. The molecule has 26 heavy (non-hydrogen) atoms. The standard InChI is InChI=1S/C16H20ClN3O6/c1-26-14(21)10-2-3-12(17)13(8-10)18-5-4-11-9-19(15(22)23)6-7-20(11)16(24)25/h2-3,8,11,18H,4-7,9H2,1H3,(H,22,23)(H,24,25)/t11-/m1/s1. The second kappa shape index (κ2) is 8.61. The Morgan fingerprint density at radius 3 is 2.62 bits per heavy atom. The molecule has 9 nitrogen and oxygen atoms in total. The van der Waals surface area contributed by atoms with Crippen molar-refractivity contribution in [2.75, 3.05) is 38.6 Å². The molecular formula is C16H20ClN3O6. The van der Waals surface area contributed by atoms with Crippen LogP contribution < -0.4 is 5.32 Å². The molecule has 0 bridgehead atoms. The quantitative estimate of drug-likeness (QED) is 0.665. The molecule has 0 spiro atoms. The summed E-state index contributed by atoms with van der Waals surface area (Å²) in [7, 11) is 1.28. The van der Waals surface area contributed by atoms with Gasteiger partial charge in [0.15, 0.2) is 0 Å². The highest BCUT2D eigenvalue weighted by molar-refractivity contribution is 6.33. The van der Waals surface area contributed by atoms with Crippen molar-refractivity contribution in [3.63, 3.8) is 0 Å². The van der Waals surface area contributed by atoms with Gasteiger partial charge in [-0.25, -0.2) is 14.4 Å². The minimum Gasteiger partial charge on any atom is -0.465 e. The van der Waals surface area contributed by atoms with Gasteiger partial charge in [0.25, 0.3) is 0 Å². The molecule has 1 fully saturated rings. The van der Waals surface area contributed by atoms with Gasteiger partial charge in [-0.05, 0) is 24.6 Å². The average Bonchev–Trinajstić information content (AvgIpc) is 2.62. The van der Waals surface area contributed by atoms with E-state index >= 15 is 0 Å². The lowest BCUT2D eigenvalue weighted by atomic mass is 10.1. The first-order valence-electron chi connectivity index (χ1n) is 7.92. The summed E-state index contributed by atoms with van der Waals surface area (Å²) in [6, 6.07) is 4.18. The van der Waals surface area contributed by atoms with E-state index in [1.165, 1.54) is 23.0 Å². The zero-order chi connectivity index (χ0) is 19.3. The number of rotatable bonds is 5. The van der Waals surface area contributed by atoms with Crippen LogP contribution in [0.25, 0.3) is 0 Å². The van der Waals surface area contributed by atoms with Gasteiger partial charge in [0, 0.05) is 26.2 Å². The monoisotopic (exact) mass is 385 g/mol. The highest BCUT2D eigenvalue weighted by atomic mass is 35.5. The summed E-state index contributed by atoms with van der Waals surface area (Å²) in [4.78, 5) is 36.5. The minimum atomic E-state index is -1.08. The molecule has 1 aromatic carbocycles. The Kier molecular flexibility index (Phi) is 6.51. The number of carbonyl (C=O) groups is 3. The van der Waals surface area contributed by atoms with Crippen molar-refractivity contribution in [2.45, 2.75) is 12.5 Å². The summed E-state index contributed by atoms with van der Waals surface area (Å²) in [5, 5.41) is 21.9. The Bertz CT molecular complexity index is 699. The van der Waals surface area contributed by atoms with E-state index in [2.05, 4.69) is 10.1 Å². The molecule has 142 valence electrons. The van der Waals surface area contributed by atoms with Crippen LogP contribution in [0.3, 0.4) is 0 Å². The maximum absolute atomic E-state index is 11.6. The average molecular weight is 386 g/mol. The van der Waals surface area contributed by atoms with Gasteiger partial charge in [0.2, 0.25) is 0 Å². The van der Waals surface area contributed by atoms with E-state index in [1.54, 1.807) is 12.1 Å². The van der Waals surface area contributed by atoms with Gasteiger partial charge in [-0.2, -0.15) is 0 Å². The van der Waals surface area contributed by atoms with Gasteiger partial charge in [-0.15, -0.1) is 0 Å². The third kappa shape index (κ3) is 4.69. The number of carbonyl (C=O) groups excluding carboxylic acids is 1. The van der Waals surface area contributed by atoms with E-state index in [9.17, 15) is 19.5 Å². The smallest absolute Gasteiger partial charge is 0.407 e. The Hall–Kier alpha value is -2.68. The van der Waals surface area contributed by atoms with Gasteiger partial charge in [-0.3, -0.25) is 0 Å². The number of hydrogen-bond donors (Lipinski definition) is 3. The number of ether oxygens (including phenoxy) is 1. The van der Waals surface area contributed by atoms with Gasteiger partial charge in [0.05, 0.1) is 29.4 Å². The normalized spacial score (nSPS) is 16.9. The van der Waals surface area contributed by atoms with E-state index in [4.69, 9.17) is 16.7 Å². The molecule has 2 amide bonds. The number of esters is 1. The highest BCUT2D eigenvalue weighted by Crippen LogP contribution is 2.24. The molecule has 0 saturated carbocycles. The molecule has 1 atom stereocenters. The lowest BCUT2D eigenvalue weighted by Gasteiger charge is -2.38. The van der Waals surface area contributed by atoms with Crippen LogP contribution >= 0.6 is 11.6 Å². The molecule has 3 N–H and O–H groups in total. The van der Waals surface area contributed by atoms with Gasteiger partial charge in [0.1, 0.15) is 0 Å². The topological polar surface area (TPSA) is 119 Å². The van der Waals surface area contributed by atoms with Crippen molar-refractivity contribution in [3.8, 4) is 0 Å². The van der Waals surface area contributed by atoms with Crippen molar-refractivity contribution >= 4 is 35.4 Å². The first-order valence-corrected chi connectivity index (χ1v) is 8.30. The van der Waals surface area contributed by atoms with Gasteiger partial charge < -0.3 is 30.1 Å². The number of amides is 2. The summed E-state index contributed by atoms with van der Waals surface area (Å²) < 4.78 is 4.66. The van der Waals surface area contributed by atoms with E-state index in [1.807, 2.05) is 0 Å². The number of methoxy groups -OCH3 is 1. The van der Waals surface area contributed by atoms with Crippen molar-refractivity contribution in [1.82, 2.24) is 9.80 Å². The van der Waals surface area contributed by atoms with Crippen molar-refractivity contribution < 1.29 is 29.3 Å². The van der Waals surface area contributed by atoms with Crippen LogP contribution in [-0.4, -0.2) is 77.5 Å². The number of nitrogens with zero attached hydrogens (tertiary/aromatic N) is 2. The molecule has 0 radical (unpaired) electrons. The SMILES string of the molecule is COC(=O)c1ccc(Cl)c(NCC[C@@H]2CN(C(=O)O)CCN2C(=O)O)c1.